The van der Waals surface area contributed by atoms with Gasteiger partial charge in [0.1, 0.15) is 17.5 Å². The Morgan fingerprint density at radius 2 is 1.85 bits per heavy atom. The minimum absolute atomic E-state index is 0.272. The van der Waals surface area contributed by atoms with Crippen LogP contribution in [0.3, 0.4) is 0 Å². The molecule has 0 radical (unpaired) electrons. The van der Waals surface area contributed by atoms with Crippen LogP contribution in [0.2, 0.25) is 0 Å². The molecule has 0 saturated heterocycles. The van der Waals surface area contributed by atoms with E-state index in [4.69, 9.17) is 0 Å². The third kappa shape index (κ3) is 3.90. The monoisotopic (exact) mass is 458 g/mol. The summed E-state index contributed by atoms with van der Waals surface area (Å²) in [6.45, 7) is 0.719. The second-order valence-electron chi connectivity index (χ2n) is 8.04. The van der Waals surface area contributed by atoms with Crippen LogP contribution >= 0.6 is 0 Å². The molecule has 0 unspecified atom stereocenters. The number of para-hydroxylation sites is 1. The molecule has 10 heteroatoms. The number of nitrogens with zero attached hydrogens (tertiary/aromatic N) is 5. The third-order valence-corrected chi connectivity index (χ3v) is 5.61. The number of amides is 1. The van der Waals surface area contributed by atoms with Crippen LogP contribution in [0.5, 0.6) is 0 Å². The maximum absolute atomic E-state index is 13.2. The Hall–Kier alpha value is -4.47. The number of anilines is 5. The summed E-state index contributed by atoms with van der Waals surface area (Å²) in [7, 11) is 5.51. The van der Waals surface area contributed by atoms with Gasteiger partial charge in [-0.1, -0.05) is 12.1 Å². The normalized spacial score (nSPS) is 12.1. The fraction of sp³-hybridized carbons (Fsp3) is 0.167. The minimum Gasteiger partial charge on any atom is -0.368 e. The summed E-state index contributed by atoms with van der Waals surface area (Å²) >= 11 is 0. The zero-order valence-electron chi connectivity index (χ0n) is 18.9. The van der Waals surface area contributed by atoms with E-state index in [1.807, 2.05) is 43.2 Å². The zero-order valence-corrected chi connectivity index (χ0v) is 18.9. The molecule has 3 N–H and O–H groups in total. The lowest BCUT2D eigenvalue weighted by atomic mass is 9.99. The van der Waals surface area contributed by atoms with E-state index in [1.165, 1.54) is 18.3 Å². The summed E-state index contributed by atoms with van der Waals surface area (Å²) in [5, 5.41) is 13.8. The number of aryl methyl sites for hydroxylation is 1. The summed E-state index contributed by atoms with van der Waals surface area (Å²) < 4.78 is 15.0. The zero-order chi connectivity index (χ0) is 23.8. The fourth-order valence-corrected chi connectivity index (χ4v) is 4.13. The van der Waals surface area contributed by atoms with Crippen molar-refractivity contribution in [3.05, 3.63) is 71.9 Å². The number of aromatic nitrogens is 4. The summed E-state index contributed by atoms with van der Waals surface area (Å²) in [6, 6.07) is 10.5. The number of hydrogen-bond acceptors (Lipinski definition) is 7. The van der Waals surface area contributed by atoms with Gasteiger partial charge in [-0.3, -0.25) is 9.48 Å². The number of carbonyl (C=O) groups is 1. The Morgan fingerprint density at radius 1 is 1.03 bits per heavy atom. The second kappa shape index (κ2) is 8.47. The predicted molar refractivity (Wildman–Crippen MR) is 129 cm³/mol. The quantitative estimate of drug-likeness (QED) is 0.418. The molecule has 4 aromatic rings. The largest absolute Gasteiger partial charge is 0.368 e. The van der Waals surface area contributed by atoms with Crippen molar-refractivity contribution < 1.29 is 9.18 Å². The van der Waals surface area contributed by atoms with Crippen molar-refractivity contribution in [2.45, 2.75) is 6.54 Å². The van der Waals surface area contributed by atoms with Gasteiger partial charge in [-0.2, -0.15) is 5.10 Å². The Bertz CT molecular complexity index is 1380. The summed E-state index contributed by atoms with van der Waals surface area (Å²) in [4.78, 5) is 23.1. The molecule has 0 aliphatic carbocycles. The lowest BCUT2D eigenvalue weighted by Crippen LogP contribution is -2.23. The second-order valence-corrected chi connectivity index (χ2v) is 8.04. The molecule has 0 fully saturated rings. The van der Waals surface area contributed by atoms with Crippen LogP contribution in [0.1, 0.15) is 15.9 Å². The molecule has 1 aromatic carbocycles. The number of rotatable bonds is 5. The van der Waals surface area contributed by atoms with Crippen molar-refractivity contribution in [1.29, 1.82) is 0 Å². The SMILES string of the molecule is CNC(=O)c1cnc(Nc2ccc(F)cn2)cc1Nc1cccc2c1N(C)Cc1cn(C)nc1-2. The van der Waals surface area contributed by atoms with Crippen LogP contribution in [0, 0.1) is 5.82 Å². The van der Waals surface area contributed by atoms with Crippen LogP contribution in [0.15, 0.2) is 55.0 Å². The van der Waals surface area contributed by atoms with Crippen molar-refractivity contribution in [2.75, 3.05) is 29.6 Å². The standard InChI is InChI=1S/C24H23FN8O/c1-26-24(34)17-11-28-21(30-20-8-7-15(25)10-27-20)9-19(17)29-18-6-4-5-16-22-14(13-33(3)31-22)12-32(2)23(16)18/h4-11,13H,12H2,1-3H3,(H,26,34)(H2,27,28,29,30). The molecule has 5 rings (SSSR count). The Balaban J connectivity index is 1.55. The smallest absolute Gasteiger partial charge is 0.254 e. The molecule has 1 aliphatic rings. The Labute approximate surface area is 195 Å². The maximum Gasteiger partial charge on any atom is 0.254 e. The van der Waals surface area contributed by atoms with Crippen LogP contribution < -0.4 is 20.9 Å². The first-order chi connectivity index (χ1) is 16.4. The van der Waals surface area contributed by atoms with Gasteiger partial charge in [0.25, 0.3) is 5.91 Å². The molecule has 3 aromatic heterocycles. The van der Waals surface area contributed by atoms with E-state index in [-0.39, 0.29) is 5.91 Å². The number of fused-ring (bicyclic) bond motifs is 3. The van der Waals surface area contributed by atoms with Crippen LogP contribution in [-0.2, 0) is 13.6 Å². The van der Waals surface area contributed by atoms with Gasteiger partial charge in [0, 0.05) is 57.3 Å². The topological polar surface area (TPSA) is 100 Å². The lowest BCUT2D eigenvalue weighted by Gasteiger charge is -2.29. The number of carbonyl (C=O) groups excluding carboxylic acids is 1. The van der Waals surface area contributed by atoms with Gasteiger partial charge in [-0.15, -0.1) is 0 Å². The van der Waals surface area contributed by atoms with E-state index in [0.29, 0.717) is 22.9 Å². The molecule has 1 amide bonds. The van der Waals surface area contributed by atoms with Crippen molar-refractivity contribution in [2.24, 2.45) is 7.05 Å². The molecule has 172 valence electrons. The number of halogens is 1. The molecule has 4 heterocycles. The van der Waals surface area contributed by atoms with Gasteiger partial charge >= 0.3 is 0 Å². The molecule has 0 bridgehead atoms. The van der Waals surface area contributed by atoms with Crippen LogP contribution in [0.4, 0.5) is 33.1 Å². The predicted octanol–water partition coefficient (Wildman–Crippen LogP) is 3.81. The highest BCUT2D eigenvalue weighted by Crippen LogP contribution is 2.43. The van der Waals surface area contributed by atoms with E-state index in [9.17, 15) is 9.18 Å². The third-order valence-electron chi connectivity index (χ3n) is 5.61. The number of benzene rings is 1. The molecule has 1 aliphatic heterocycles. The summed E-state index contributed by atoms with van der Waals surface area (Å²) in [5.41, 5.74) is 5.88. The molecule has 0 saturated carbocycles. The Kier molecular flexibility index (Phi) is 5.33. The van der Waals surface area contributed by atoms with Gasteiger partial charge in [-0.25, -0.2) is 14.4 Å². The average molecular weight is 459 g/mol. The van der Waals surface area contributed by atoms with Gasteiger partial charge in [-0.05, 0) is 18.2 Å². The number of pyridine rings is 2. The molecule has 9 nitrogen and oxygen atoms in total. The molecule has 0 spiro atoms. The van der Waals surface area contributed by atoms with Gasteiger partial charge in [0.05, 0.1) is 34.5 Å². The first-order valence-corrected chi connectivity index (χ1v) is 10.7. The minimum atomic E-state index is -0.426. The summed E-state index contributed by atoms with van der Waals surface area (Å²) in [6.07, 6.45) is 4.64. The highest BCUT2D eigenvalue weighted by atomic mass is 19.1. The molecular formula is C24H23FN8O. The molecule has 0 atom stereocenters. The van der Waals surface area contributed by atoms with E-state index in [1.54, 1.807) is 13.1 Å². The van der Waals surface area contributed by atoms with E-state index < -0.39 is 5.82 Å². The average Bonchev–Trinajstić information content (AvgIpc) is 3.20. The first-order valence-electron chi connectivity index (χ1n) is 10.7. The summed E-state index contributed by atoms with van der Waals surface area (Å²) in [5.74, 6) is 0.197. The van der Waals surface area contributed by atoms with Crippen molar-refractivity contribution >= 4 is 34.6 Å². The maximum atomic E-state index is 13.2. The van der Waals surface area contributed by atoms with Crippen molar-refractivity contribution in [3.63, 3.8) is 0 Å². The van der Waals surface area contributed by atoms with Gasteiger partial charge in [0.15, 0.2) is 0 Å². The van der Waals surface area contributed by atoms with Gasteiger partial charge in [0.2, 0.25) is 0 Å². The molecular weight excluding hydrogens is 435 g/mol. The van der Waals surface area contributed by atoms with E-state index in [2.05, 4.69) is 35.9 Å². The molecule has 34 heavy (non-hydrogen) atoms. The Morgan fingerprint density at radius 3 is 2.62 bits per heavy atom. The fourth-order valence-electron chi connectivity index (χ4n) is 4.13. The first kappa shape index (κ1) is 21.4. The van der Waals surface area contributed by atoms with Crippen LogP contribution in [-0.4, -0.2) is 39.8 Å². The van der Waals surface area contributed by atoms with Crippen molar-refractivity contribution in [1.82, 2.24) is 25.1 Å². The van der Waals surface area contributed by atoms with Crippen LogP contribution in [0.25, 0.3) is 11.3 Å². The highest BCUT2D eigenvalue weighted by molar-refractivity contribution is 6.01. The van der Waals surface area contributed by atoms with Gasteiger partial charge < -0.3 is 20.9 Å². The van der Waals surface area contributed by atoms with E-state index >= 15 is 0 Å². The van der Waals surface area contributed by atoms with E-state index in [0.717, 1.165) is 40.9 Å². The highest BCUT2D eigenvalue weighted by Gasteiger charge is 2.25. The lowest BCUT2D eigenvalue weighted by molar-refractivity contribution is 0.0963. The van der Waals surface area contributed by atoms with Crippen molar-refractivity contribution in [3.8, 4) is 11.3 Å². The number of nitrogens with one attached hydrogen (secondary N) is 3. The number of hydrogen-bond donors (Lipinski definition) is 3.